The van der Waals surface area contributed by atoms with Gasteiger partial charge >= 0.3 is 0 Å². The van der Waals surface area contributed by atoms with Gasteiger partial charge in [0.25, 0.3) is 0 Å². The molecule has 0 aliphatic carbocycles. The highest BCUT2D eigenvalue weighted by atomic mass is 16.5. The van der Waals surface area contributed by atoms with Gasteiger partial charge in [0.15, 0.2) is 0 Å². The monoisotopic (exact) mass is 312 g/mol. The number of aldehydes is 1. The van der Waals surface area contributed by atoms with E-state index in [0.29, 0.717) is 32.1 Å². The molecule has 0 amide bonds. The van der Waals surface area contributed by atoms with Gasteiger partial charge in [0.2, 0.25) is 0 Å². The van der Waals surface area contributed by atoms with Crippen LogP contribution in [0.3, 0.4) is 0 Å². The maximum absolute atomic E-state index is 11.1. The number of methoxy groups -OCH3 is 1. The fourth-order valence-corrected chi connectivity index (χ4v) is 2.85. The molecule has 0 aromatic heterocycles. The van der Waals surface area contributed by atoms with Crippen molar-refractivity contribution in [1.82, 2.24) is 0 Å². The van der Waals surface area contributed by atoms with Gasteiger partial charge in [-0.3, -0.25) is 0 Å². The normalized spacial score (nSPS) is 13.3. The molecule has 0 aliphatic heterocycles. The predicted molar refractivity (Wildman–Crippen MR) is 91.7 cm³/mol. The smallest absolute Gasteiger partial charge is 0.119 e. The summed E-state index contributed by atoms with van der Waals surface area (Å²) in [7, 11) is 1.64. The molecule has 0 bridgehead atoms. The van der Waals surface area contributed by atoms with Crippen LogP contribution in [0, 0.1) is 0 Å². The molecule has 3 heteroatoms. The van der Waals surface area contributed by atoms with Crippen LogP contribution in [0.25, 0.3) is 0 Å². The Labute approximate surface area is 137 Å². The number of carbonyl (C=O) groups excluding carboxylic acids is 1. The zero-order chi connectivity index (χ0) is 16.5. The Morgan fingerprint density at radius 1 is 1.00 bits per heavy atom. The van der Waals surface area contributed by atoms with E-state index in [2.05, 4.69) is 0 Å². The maximum atomic E-state index is 11.1. The highest BCUT2D eigenvalue weighted by Crippen LogP contribution is 2.25. The Balaban J connectivity index is 2.12. The quantitative estimate of drug-likeness (QED) is 0.568. The molecule has 0 heterocycles. The average Bonchev–Trinajstić information content (AvgIpc) is 2.56. The fourth-order valence-electron chi connectivity index (χ4n) is 2.85. The van der Waals surface area contributed by atoms with Crippen molar-refractivity contribution < 1.29 is 14.6 Å². The van der Waals surface area contributed by atoms with Gasteiger partial charge in [0, 0.05) is 19.3 Å². The lowest BCUT2D eigenvalue weighted by atomic mass is 9.84. The molecule has 0 saturated heterocycles. The molecule has 1 unspecified atom stereocenters. The number of benzene rings is 2. The van der Waals surface area contributed by atoms with Gasteiger partial charge in [0.1, 0.15) is 12.0 Å². The van der Waals surface area contributed by atoms with Crippen molar-refractivity contribution in [2.24, 2.45) is 0 Å². The van der Waals surface area contributed by atoms with Crippen LogP contribution in [-0.2, 0) is 17.6 Å². The first-order chi connectivity index (χ1) is 11.1. The second-order valence-corrected chi connectivity index (χ2v) is 5.97. The van der Waals surface area contributed by atoms with Crippen molar-refractivity contribution >= 4 is 6.29 Å². The molecule has 23 heavy (non-hydrogen) atoms. The standard InChI is InChI=1S/C20H24O3/c1-23-19-11-9-18(10-12-19)16-20(22,13-5-6-14-21)15-17-7-3-2-4-8-17/h2-4,7-12,14,22H,5-6,13,15-16H2,1H3. The Hall–Kier alpha value is -2.13. The molecule has 0 aliphatic rings. The summed E-state index contributed by atoms with van der Waals surface area (Å²) in [4.78, 5) is 10.6. The Morgan fingerprint density at radius 3 is 2.17 bits per heavy atom. The van der Waals surface area contributed by atoms with E-state index in [0.717, 1.165) is 23.2 Å². The van der Waals surface area contributed by atoms with Gasteiger partial charge in [-0.1, -0.05) is 42.5 Å². The molecule has 1 N–H and O–H groups in total. The van der Waals surface area contributed by atoms with Crippen molar-refractivity contribution in [2.75, 3.05) is 7.11 Å². The molecule has 1 atom stereocenters. The third kappa shape index (κ3) is 5.53. The van der Waals surface area contributed by atoms with Crippen LogP contribution in [0.5, 0.6) is 5.75 Å². The van der Waals surface area contributed by atoms with E-state index in [1.54, 1.807) is 7.11 Å². The molecule has 0 spiro atoms. The number of ether oxygens (including phenoxy) is 1. The van der Waals surface area contributed by atoms with Gasteiger partial charge in [-0.15, -0.1) is 0 Å². The molecule has 0 fully saturated rings. The van der Waals surface area contributed by atoms with E-state index in [4.69, 9.17) is 4.74 Å². The summed E-state index contributed by atoms with van der Waals surface area (Å²) in [5, 5.41) is 11.1. The van der Waals surface area contributed by atoms with E-state index in [1.165, 1.54) is 0 Å². The van der Waals surface area contributed by atoms with Gasteiger partial charge in [-0.2, -0.15) is 0 Å². The van der Waals surface area contributed by atoms with Crippen molar-refractivity contribution in [3.63, 3.8) is 0 Å². The molecule has 2 aromatic rings. The lowest BCUT2D eigenvalue weighted by Crippen LogP contribution is -2.34. The SMILES string of the molecule is COc1ccc(CC(O)(CCCC=O)Cc2ccccc2)cc1. The Morgan fingerprint density at radius 2 is 1.61 bits per heavy atom. The first-order valence-electron chi connectivity index (χ1n) is 7.98. The number of hydrogen-bond acceptors (Lipinski definition) is 3. The predicted octanol–water partition coefficient (Wildman–Crippen LogP) is 3.58. The van der Waals surface area contributed by atoms with Crippen LogP contribution in [0.15, 0.2) is 54.6 Å². The molecule has 2 rings (SSSR count). The van der Waals surface area contributed by atoms with Crippen LogP contribution >= 0.6 is 0 Å². The first kappa shape index (κ1) is 17.2. The zero-order valence-corrected chi connectivity index (χ0v) is 13.6. The summed E-state index contributed by atoms with van der Waals surface area (Å²) >= 11 is 0. The molecule has 122 valence electrons. The van der Waals surface area contributed by atoms with Crippen molar-refractivity contribution in [3.8, 4) is 5.75 Å². The minimum Gasteiger partial charge on any atom is -0.497 e. The first-order valence-corrected chi connectivity index (χ1v) is 7.98. The van der Waals surface area contributed by atoms with Crippen molar-refractivity contribution in [2.45, 2.75) is 37.7 Å². The third-order valence-corrected chi connectivity index (χ3v) is 4.03. The summed E-state index contributed by atoms with van der Waals surface area (Å²) in [5.41, 5.74) is 1.32. The van der Waals surface area contributed by atoms with E-state index >= 15 is 0 Å². The summed E-state index contributed by atoms with van der Waals surface area (Å²) < 4.78 is 5.17. The molecule has 0 radical (unpaired) electrons. The number of hydrogen-bond donors (Lipinski definition) is 1. The lowest BCUT2D eigenvalue weighted by molar-refractivity contribution is -0.108. The maximum Gasteiger partial charge on any atom is 0.119 e. The summed E-state index contributed by atoms with van der Waals surface area (Å²) in [5.74, 6) is 0.807. The second-order valence-electron chi connectivity index (χ2n) is 5.97. The average molecular weight is 312 g/mol. The zero-order valence-electron chi connectivity index (χ0n) is 13.6. The lowest BCUT2D eigenvalue weighted by Gasteiger charge is -2.28. The van der Waals surface area contributed by atoms with Gasteiger partial charge in [-0.25, -0.2) is 0 Å². The van der Waals surface area contributed by atoms with E-state index < -0.39 is 5.60 Å². The summed E-state index contributed by atoms with van der Waals surface area (Å²) in [6.45, 7) is 0. The third-order valence-electron chi connectivity index (χ3n) is 4.03. The highest BCUT2D eigenvalue weighted by molar-refractivity contribution is 5.49. The topological polar surface area (TPSA) is 46.5 Å². The van der Waals surface area contributed by atoms with Crippen molar-refractivity contribution in [1.29, 1.82) is 0 Å². The Bertz CT molecular complexity index is 592. The van der Waals surface area contributed by atoms with Crippen LogP contribution in [0.2, 0.25) is 0 Å². The van der Waals surface area contributed by atoms with Crippen molar-refractivity contribution in [3.05, 3.63) is 65.7 Å². The number of rotatable bonds is 9. The second kappa shape index (κ2) is 8.49. The Kier molecular flexibility index (Phi) is 6.36. The molecule has 0 saturated carbocycles. The van der Waals surface area contributed by atoms with Gasteiger partial charge in [-0.05, 0) is 36.1 Å². The molecular weight excluding hydrogens is 288 g/mol. The summed E-state index contributed by atoms with van der Waals surface area (Å²) in [6.07, 6.45) is 3.84. The summed E-state index contributed by atoms with van der Waals surface area (Å²) in [6, 6.07) is 17.8. The largest absolute Gasteiger partial charge is 0.497 e. The number of carbonyl (C=O) groups is 1. The molecule has 3 nitrogen and oxygen atoms in total. The van der Waals surface area contributed by atoms with Gasteiger partial charge < -0.3 is 14.6 Å². The molecule has 2 aromatic carbocycles. The minimum atomic E-state index is -0.848. The van der Waals surface area contributed by atoms with Gasteiger partial charge in [0.05, 0.1) is 12.7 Å². The van der Waals surface area contributed by atoms with E-state index in [-0.39, 0.29) is 0 Å². The van der Waals surface area contributed by atoms with Crippen LogP contribution in [0.4, 0.5) is 0 Å². The number of unbranched alkanes of at least 4 members (excludes halogenated alkanes) is 1. The van der Waals surface area contributed by atoms with Crippen LogP contribution in [-0.4, -0.2) is 24.1 Å². The number of aliphatic hydroxyl groups is 1. The van der Waals surface area contributed by atoms with E-state index in [1.807, 2.05) is 54.6 Å². The minimum absolute atomic E-state index is 0.486. The molecular formula is C20H24O3. The van der Waals surface area contributed by atoms with Crippen LogP contribution in [0.1, 0.15) is 30.4 Å². The van der Waals surface area contributed by atoms with E-state index in [9.17, 15) is 9.90 Å². The fraction of sp³-hybridized carbons (Fsp3) is 0.350. The van der Waals surface area contributed by atoms with Crippen LogP contribution < -0.4 is 4.74 Å². The highest BCUT2D eigenvalue weighted by Gasteiger charge is 2.27.